The van der Waals surface area contributed by atoms with Gasteiger partial charge in [0.1, 0.15) is 5.82 Å². The molecule has 2 rings (SSSR count). The number of halogens is 2. The molecule has 0 fully saturated rings. The summed E-state index contributed by atoms with van der Waals surface area (Å²) >= 11 is 7.96. The molecule has 7 heteroatoms. The van der Waals surface area contributed by atoms with Gasteiger partial charge in [0, 0.05) is 20.7 Å². The number of carbonyl (C=O) groups is 1. The lowest BCUT2D eigenvalue weighted by atomic mass is 10.2. The van der Waals surface area contributed by atoms with E-state index in [0.29, 0.717) is 22.9 Å². The van der Waals surface area contributed by atoms with Crippen molar-refractivity contribution < 1.29 is 4.79 Å². The van der Waals surface area contributed by atoms with E-state index in [9.17, 15) is 4.79 Å². The third-order valence-electron chi connectivity index (χ3n) is 2.36. The van der Waals surface area contributed by atoms with Crippen LogP contribution in [0.1, 0.15) is 15.9 Å². The van der Waals surface area contributed by atoms with Crippen LogP contribution in [-0.4, -0.2) is 16.1 Å². The summed E-state index contributed by atoms with van der Waals surface area (Å²) in [7, 11) is 0. The van der Waals surface area contributed by atoms with Gasteiger partial charge in [0.25, 0.3) is 5.91 Å². The number of nitrogens with one attached hydrogen (secondary N) is 2. The Bertz CT molecular complexity index is 584. The van der Waals surface area contributed by atoms with Crippen LogP contribution in [0.25, 0.3) is 0 Å². The van der Waals surface area contributed by atoms with Crippen LogP contribution in [0.15, 0.2) is 24.4 Å². The number of hydrogen-bond acceptors (Lipinski definition) is 3. The first-order chi connectivity index (χ1) is 8.58. The molecule has 1 heterocycles. The van der Waals surface area contributed by atoms with Gasteiger partial charge in [-0.25, -0.2) is 0 Å². The van der Waals surface area contributed by atoms with Crippen LogP contribution < -0.4 is 11.1 Å². The standard InChI is InChI=1S/C11H10ClIN4O/c12-7-1-2-9(13)8(3-7)11(18)15-4-6-5-16-17-10(6)14/h1-3,5H,4H2,(H,15,18)(H3,14,16,17). The lowest BCUT2D eigenvalue weighted by molar-refractivity contribution is 0.0950. The first-order valence-electron chi connectivity index (χ1n) is 5.09. The van der Waals surface area contributed by atoms with Crippen LogP contribution in [0.3, 0.4) is 0 Å². The van der Waals surface area contributed by atoms with E-state index in [1.165, 1.54) is 0 Å². The Morgan fingerprint density at radius 3 is 3.00 bits per heavy atom. The van der Waals surface area contributed by atoms with Crippen LogP contribution >= 0.6 is 34.2 Å². The van der Waals surface area contributed by atoms with Gasteiger partial charge in [-0.05, 0) is 40.8 Å². The van der Waals surface area contributed by atoms with Gasteiger partial charge >= 0.3 is 0 Å². The number of carbonyl (C=O) groups excluding carboxylic acids is 1. The number of hydrogen-bond donors (Lipinski definition) is 3. The summed E-state index contributed by atoms with van der Waals surface area (Å²) < 4.78 is 0.842. The average Bonchev–Trinajstić information content (AvgIpc) is 2.75. The summed E-state index contributed by atoms with van der Waals surface area (Å²) in [6.07, 6.45) is 1.58. The number of aromatic amines is 1. The van der Waals surface area contributed by atoms with Crippen molar-refractivity contribution in [3.05, 3.63) is 44.1 Å². The van der Waals surface area contributed by atoms with Crippen molar-refractivity contribution in [1.29, 1.82) is 0 Å². The Balaban J connectivity index is 2.08. The highest BCUT2D eigenvalue weighted by atomic mass is 127. The smallest absolute Gasteiger partial charge is 0.252 e. The monoisotopic (exact) mass is 376 g/mol. The highest BCUT2D eigenvalue weighted by Gasteiger charge is 2.11. The zero-order valence-electron chi connectivity index (χ0n) is 9.21. The molecule has 94 valence electrons. The summed E-state index contributed by atoms with van der Waals surface area (Å²) in [5.74, 6) is 0.263. The molecule has 0 aliphatic carbocycles. The zero-order chi connectivity index (χ0) is 13.1. The van der Waals surface area contributed by atoms with Crippen molar-refractivity contribution in [2.75, 3.05) is 5.73 Å². The van der Waals surface area contributed by atoms with Gasteiger partial charge in [0.2, 0.25) is 0 Å². The maximum atomic E-state index is 12.0. The number of amides is 1. The molecule has 1 amide bonds. The number of nitrogens with two attached hydrogens (primary N) is 1. The quantitative estimate of drug-likeness (QED) is 0.718. The number of aromatic nitrogens is 2. The topological polar surface area (TPSA) is 83.8 Å². The third-order valence-corrected chi connectivity index (χ3v) is 3.54. The van der Waals surface area contributed by atoms with E-state index in [4.69, 9.17) is 17.3 Å². The summed E-state index contributed by atoms with van der Waals surface area (Å²) in [6, 6.07) is 5.18. The van der Waals surface area contributed by atoms with Crippen LogP contribution in [0.2, 0.25) is 5.02 Å². The Morgan fingerprint density at radius 2 is 2.33 bits per heavy atom. The fraction of sp³-hybridized carbons (Fsp3) is 0.0909. The fourth-order valence-corrected chi connectivity index (χ4v) is 2.16. The van der Waals surface area contributed by atoms with E-state index in [1.807, 2.05) is 0 Å². The van der Waals surface area contributed by atoms with Gasteiger partial charge in [-0.2, -0.15) is 5.10 Å². The summed E-state index contributed by atoms with van der Waals surface area (Å²) in [6.45, 7) is 0.323. The van der Waals surface area contributed by atoms with Crippen molar-refractivity contribution in [3.8, 4) is 0 Å². The van der Waals surface area contributed by atoms with Gasteiger partial charge in [0.15, 0.2) is 0 Å². The number of rotatable bonds is 3. The van der Waals surface area contributed by atoms with Gasteiger partial charge in [-0.1, -0.05) is 11.6 Å². The minimum absolute atomic E-state index is 0.192. The molecule has 0 aliphatic heterocycles. The lowest BCUT2D eigenvalue weighted by Gasteiger charge is -2.06. The largest absolute Gasteiger partial charge is 0.384 e. The number of H-pyrrole nitrogens is 1. The Labute approximate surface area is 122 Å². The van der Waals surface area contributed by atoms with E-state index in [1.54, 1.807) is 24.4 Å². The molecule has 4 N–H and O–H groups in total. The molecule has 0 spiro atoms. The minimum atomic E-state index is -0.192. The highest BCUT2D eigenvalue weighted by Crippen LogP contribution is 2.18. The molecule has 0 bridgehead atoms. The number of nitrogens with zero attached hydrogens (tertiary/aromatic N) is 1. The molecule has 0 atom stereocenters. The Hall–Kier alpha value is -1.28. The van der Waals surface area contributed by atoms with Crippen LogP contribution in [-0.2, 0) is 6.54 Å². The first kappa shape index (κ1) is 13.2. The fourth-order valence-electron chi connectivity index (χ4n) is 1.40. The first-order valence-corrected chi connectivity index (χ1v) is 6.54. The summed E-state index contributed by atoms with van der Waals surface area (Å²) in [5.41, 5.74) is 6.92. The average molecular weight is 377 g/mol. The van der Waals surface area contributed by atoms with Gasteiger partial charge in [-0.15, -0.1) is 0 Å². The SMILES string of the molecule is Nc1[nH]ncc1CNC(=O)c1cc(Cl)ccc1I. The van der Waals surface area contributed by atoms with Crippen molar-refractivity contribution in [3.63, 3.8) is 0 Å². The predicted octanol–water partition coefficient (Wildman–Crippen LogP) is 2.18. The van der Waals surface area contributed by atoms with Crippen molar-refractivity contribution in [1.82, 2.24) is 15.5 Å². The molecule has 5 nitrogen and oxygen atoms in total. The van der Waals surface area contributed by atoms with Crippen molar-refractivity contribution in [2.24, 2.45) is 0 Å². The van der Waals surface area contributed by atoms with Crippen molar-refractivity contribution in [2.45, 2.75) is 6.54 Å². The molecule has 0 unspecified atom stereocenters. The molecule has 0 saturated carbocycles. The van der Waals surface area contributed by atoms with E-state index in [2.05, 4.69) is 38.1 Å². The normalized spacial score (nSPS) is 10.3. The van der Waals surface area contributed by atoms with E-state index < -0.39 is 0 Å². The van der Waals surface area contributed by atoms with Crippen LogP contribution in [0.5, 0.6) is 0 Å². The van der Waals surface area contributed by atoms with Gasteiger partial charge in [0.05, 0.1) is 11.8 Å². The summed E-state index contributed by atoms with van der Waals surface area (Å²) in [4.78, 5) is 12.0. The number of nitrogen functional groups attached to an aromatic ring is 1. The number of anilines is 1. The molecule has 0 radical (unpaired) electrons. The van der Waals surface area contributed by atoms with Crippen LogP contribution in [0, 0.1) is 3.57 Å². The Morgan fingerprint density at radius 1 is 1.56 bits per heavy atom. The summed E-state index contributed by atoms with van der Waals surface area (Å²) in [5, 5.41) is 9.69. The molecule has 0 saturated heterocycles. The second-order valence-corrected chi connectivity index (χ2v) is 5.21. The maximum absolute atomic E-state index is 12.0. The van der Waals surface area contributed by atoms with Gasteiger partial charge in [-0.3, -0.25) is 9.89 Å². The minimum Gasteiger partial charge on any atom is -0.384 e. The molecular formula is C11H10ClIN4O. The zero-order valence-corrected chi connectivity index (χ0v) is 12.1. The number of benzene rings is 1. The molecule has 0 aliphatic rings. The highest BCUT2D eigenvalue weighted by molar-refractivity contribution is 14.1. The second kappa shape index (κ2) is 5.57. The second-order valence-electron chi connectivity index (χ2n) is 3.62. The van der Waals surface area contributed by atoms with Gasteiger partial charge < -0.3 is 11.1 Å². The third kappa shape index (κ3) is 2.94. The molecule has 1 aromatic heterocycles. The van der Waals surface area contributed by atoms with Crippen LogP contribution in [0.4, 0.5) is 5.82 Å². The van der Waals surface area contributed by atoms with E-state index in [0.717, 1.165) is 9.13 Å². The van der Waals surface area contributed by atoms with E-state index >= 15 is 0 Å². The van der Waals surface area contributed by atoms with Crippen molar-refractivity contribution >= 4 is 45.9 Å². The van der Waals surface area contributed by atoms with E-state index in [-0.39, 0.29) is 5.91 Å². The predicted molar refractivity (Wildman–Crippen MR) is 78.3 cm³/mol. The lowest BCUT2D eigenvalue weighted by Crippen LogP contribution is -2.23. The maximum Gasteiger partial charge on any atom is 0.252 e. The molecular weight excluding hydrogens is 367 g/mol. The molecule has 1 aromatic carbocycles. The Kier molecular flexibility index (Phi) is 4.07. The molecule has 2 aromatic rings. The molecule has 18 heavy (non-hydrogen) atoms.